The maximum atomic E-state index is 14.4. The van der Waals surface area contributed by atoms with E-state index in [9.17, 15) is 13.6 Å². The molecule has 0 saturated carbocycles. The molecule has 1 aliphatic rings. The molecule has 0 radical (unpaired) electrons. The summed E-state index contributed by atoms with van der Waals surface area (Å²) < 4.78 is 28.3. The van der Waals surface area contributed by atoms with Crippen LogP contribution in [0.15, 0.2) is 57.8 Å². The summed E-state index contributed by atoms with van der Waals surface area (Å²) in [5.41, 5.74) is 1.76. The topological polar surface area (TPSA) is 20.3 Å². The zero-order valence-electron chi connectivity index (χ0n) is 12.2. The molecule has 0 bridgehead atoms. The number of ketones is 1. The van der Waals surface area contributed by atoms with Gasteiger partial charge in [0.1, 0.15) is 11.6 Å². The molecule has 0 N–H and O–H groups in total. The predicted molar refractivity (Wildman–Crippen MR) is 94.8 cm³/mol. The van der Waals surface area contributed by atoms with E-state index in [2.05, 4.69) is 0 Å². The van der Waals surface area contributed by atoms with E-state index in [4.69, 9.17) is 0 Å². The van der Waals surface area contributed by atoms with Crippen LogP contribution in [0.1, 0.15) is 19.3 Å². The van der Waals surface area contributed by atoms with Gasteiger partial charge in [0.2, 0.25) is 0 Å². The number of para-hydroxylation sites is 1. The Morgan fingerprint density at radius 1 is 1.00 bits per heavy atom. The fourth-order valence-corrected chi connectivity index (χ4v) is 3.47. The number of Topliss-reactive ketones (excluding diaryl/α,β-unsaturated/α-hetero) is 1. The number of nitrogens with zero attached hydrogens (tertiary/aromatic N) is 1. The van der Waals surface area contributed by atoms with Gasteiger partial charge in [0.05, 0.1) is 9.27 Å². The molecule has 0 atom stereocenters. The monoisotopic (exact) mass is 425 g/mol. The van der Waals surface area contributed by atoms with Crippen molar-refractivity contribution in [1.29, 1.82) is 0 Å². The van der Waals surface area contributed by atoms with Gasteiger partial charge < -0.3 is 4.90 Å². The second-order valence-electron chi connectivity index (χ2n) is 5.30. The Hall–Kier alpha value is -1.76. The first-order valence-electron chi connectivity index (χ1n) is 7.30. The van der Waals surface area contributed by atoms with Crippen molar-refractivity contribution >= 4 is 39.7 Å². The van der Waals surface area contributed by atoms with E-state index in [1.165, 1.54) is 12.1 Å². The summed E-state index contributed by atoms with van der Waals surface area (Å²) in [6.45, 7) is 0. The summed E-state index contributed by atoms with van der Waals surface area (Å²) in [6, 6.07) is 12.8. The molecule has 1 aliphatic carbocycles. The molecule has 0 aromatic heterocycles. The highest BCUT2D eigenvalue weighted by atomic mass is 127. The normalized spacial score (nSPS) is 15.0. The van der Waals surface area contributed by atoms with E-state index >= 15 is 0 Å². The highest BCUT2D eigenvalue weighted by Crippen LogP contribution is 2.38. The lowest BCUT2D eigenvalue weighted by molar-refractivity contribution is -0.115. The molecule has 2 aromatic carbocycles. The maximum absolute atomic E-state index is 14.4. The van der Waals surface area contributed by atoms with Crippen LogP contribution >= 0.6 is 22.6 Å². The number of carbonyl (C=O) groups is 1. The zero-order chi connectivity index (χ0) is 16.4. The van der Waals surface area contributed by atoms with Crippen LogP contribution in [0, 0.1) is 11.6 Å². The smallest absolute Gasteiger partial charge is 0.170 e. The van der Waals surface area contributed by atoms with Crippen molar-refractivity contribution in [3.63, 3.8) is 0 Å². The molecule has 0 heterocycles. The number of benzene rings is 2. The highest BCUT2D eigenvalue weighted by Gasteiger charge is 2.26. The highest BCUT2D eigenvalue weighted by molar-refractivity contribution is 14.1. The summed E-state index contributed by atoms with van der Waals surface area (Å²) in [5.74, 6) is -1.21. The minimum atomic E-state index is -0.649. The molecule has 2 aromatic rings. The number of allylic oxidation sites excluding steroid dienone is 2. The van der Waals surface area contributed by atoms with Gasteiger partial charge in [-0.15, -0.1) is 0 Å². The SMILES string of the molecule is O=C1CCCC(N(c2ccccc2)c2ccc(F)cc2F)=C1I. The van der Waals surface area contributed by atoms with Crippen molar-refractivity contribution in [3.05, 3.63) is 69.4 Å². The van der Waals surface area contributed by atoms with Crippen molar-refractivity contribution in [2.75, 3.05) is 4.90 Å². The molecule has 0 saturated heterocycles. The third-order valence-electron chi connectivity index (χ3n) is 3.75. The van der Waals surface area contributed by atoms with Crippen molar-refractivity contribution in [2.24, 2.45) is 0 Å². The first-order chi connectivity index (χ1) is 11.1. The molecule has 23 heavy (non-hydrogen) atoms. The van der Waals surface area contributed by atoms with Crippen molar-refractivity contribution in [3.8, 4) is 0 Å². The van der Waals surface area contributed by atoms with Crippen molar-refractivity contribution in [1.82, 2.24) is 0 Å². The lowest BCUT2D eigenvalue weighted by Crippen LogP contribution is -2.23. The van der Waals surface area contributed by atoms with Crippen LogP contribution in [-0.4, -0.2) is 5.78 Å². The van der Waals surface area contributed by atoms with Crippen LogP contribution in [0.3, 0.4) is 0 Å². The maximum Gasteiger partial charge on any atom is 0.170 e. The minimum absolute atomic E-state index is 0.0651. The summed E-state index contributed by atoms with van der Waals surface area (Å²) >= 11 is 2.02. The molecule has 0 unspecified atom stereocenters. The number of hydrogen-bond acceptors (Lipinski definition) is 2. The van der Waals surface area contributed by atoms with E-state index in [0.717, 1.165) is 23.9 Å². The standard InChI is InChI=1S/C18H14F2INO/c19-12-9-10-15(14(20)11-12)22(13-5-2-1-3-6-13)16-7-4-8-17(23)18(16)21/h1-3,5-6,9-11H,4,7-8H2. The Kier molecular flexibility index (Phi) is 4.75. The van der Waals surface area contributed by atoms with E-state index < -0.39 is 11.6 Å². The van der Waals surface area contributed by atoms with Crippen LogP contribution in [0.2, 0.25) is 0 Å². The third kappa shape index (κ3) is 3.29. The number of rotatable bonds is 3. The molecule has 0 aliphatic heterocycles. The Labute approximate surface area is 146 Å². The van der Waals surface area contributed by atoms with Crippen LogP contribution in [0.5, 0.6) is 0 Å². The molecule has 3 rings (SSSR count). The molecule has 0 spiro atoms. The van der Waals surface area contributed by atoms with E-state index in [0.29, 0.717) is 16.4 Å². The largest absolute Gasteiger partial charge is 0.310 e. The molecule has 0 amide bonds. The third-order valence-corrected chi connectivity index (χ3v) is 4.97. The van der Waals surface area contributed by atoms with Gasteiger partial charge in [-0.3, -0.25) is 4.79 Å². The van der Waals surface area contributed by atoms with Crippen molar-refractivity contribution in [2.45, 2.75) is 19.3 Å². The van der Waals surface area contributed by atoms with Crippen molar-refractivity contribution < 1.29 is 13.6 Å². The van der Waals surface area contributed by atoms with E-state index in [1.807, 2.05) is 52.9 Å². The van der Waals surface area contributed by atoms with Crippen LogP contribution in [0.4, 0.5) is 20.2 Å². The molecular formula is C18H14F2INO. The van der Waals surface area contributed by atoms with E-state index in [1.54, 1.807) is 4.90 Å². The predicted octanol–water partition coefficient (Wildman–Crippen LogP) is 5.50. The van der Waals surface area contributed by atoms with Crippen LogP contribution in [0.25, 0.3) is 0 Å². The average molecular weight is 425 g/mol. The van der Waals surface area contributed by atoms with Crippen LogP contribution in [-0.2, 0) is 4.79 Å². The Bertz CT molecular complexity index is 774. The van der Waals surface area contributed by atoms with Gasteiger partial charge in [-0.2, -0.15) is 0 Å². The zero-order valence-corrected chi connectivity index (χ0v) is 14.4. The second kappa shape index (κ2) is 6.78. The number of hydrogen-bond donors (Lipinski definition) is 0. The summed E-state index contributed by atoms with van der Waals surface area (Å²) in [6.07, 6.45) is 1.92. The van der Waals surface area contributed by atoms with Gasteiger partial charge in [-0.1, -0.05) is 18.2 Å². The van der Waals surface area contributed by atoms with Gasteiger partial charge >= 0.3 is 0 Å². The number of anilines is 2. The van der Waals surface area contributed by atoms with Gasteiger partial charge in [-0.05, 0) is 59.7 Å². The Morgan fingerprint density at radius 2 is 1.74 bits per heavy atom. The van der Waals surface area contributed by atoms with E-state index in [-0.39, 0.29) is 11.5 Å². The molecule has 0 fully saturated rings. The quantitative estimate of drug-likeness (QED) is 0.606. The second-order valence-corrected chi connectivity index (χ2v) is 6.38. The molecule has 2 nitrogen and oxygen atoms in total. The van der Waals surface area contributed by atoms with Gasteiger partial charge in [0.15, 0.2) is 5.78 Å². The molecule has 5 heteroatoms. The number of carbonyl (C=O) groups excluding carboxylic acids is 1. The summed E-state index contributed by atoms with van der Waals surface area (Å²) in [5, 5.41) is 0. The fraction of sp³-hybridized carbons (Fsp3) is 0.167. The first-order valence-corrected chi connectivity index (χ1v) is 8.38. The lowest BCUT2D eigenvalue weighted by atomic mass is 10.0. The first kappa shape index (κ1) is 16.1. The van der Waals surface area contributed by atoms with Gasteiger partial charge in [-0.25, -0.2) is 8.78 Å². The van der Waals surface area contributed by atoms with Gasteiger partial charge in [0, 0.05) is 23.9 Å². The lowest BCUT2D eigenvalue weighted by Gasteiger charge is -2.31. The Balaban J connectivity index is 2.19. The van der Waals surface area contributed by atoms with Crippen LogP contribution < -0.4 is 4.90 Å². The molecule has 118 valence electrons. The number of halogens is 3. The van der Waals surface area contributed by atoms with Gasteiger partial charge in [0.25, 0.3) is 0 Å². The molecular weight excluding hydrogens is 411 g/mol. The Morgan fingerprint density at radius 3 is 2.43 bits per heavy atom. The average Bonchev–Trinajstić information content (AvgIpc) is 2.54. The fourth-order valence-electron chi connectivity index (χ4n) is 2.69. The minimum Gasteiger partial charge on any atom is -0.310 e. The summed E-state index contributed by atoms with van der Waals surface area (Å²) in [7, 11) is 0. The summed E-state index contributed by atoms with van der Waals surface area (Å²) in [4.78, 5) is 13.8.